The predicted octanol–water partition coefficient (Wildman–Crippen LogP) is 3.59. The molecule has 0 spiro atoms. The summed E-state index contributed by atoms with van der Waals surface area (Å²) in [5, 5.41) is 0. The Morgan fingerprint density at radius 3 is 2.05 bits per heavy atom. The van der Waals surface area contributed by atoms with Crippen molar-refractivity contribution in [3.63, 3.8) is 0 Å². The highest BCUT2D eigenvalue weighted by Gasteiger charge is 2.34. The lowest BCUT2D eigenvalue weighted by Gasteiger charge is -2.24. The molecule has 0 unspecified atom stereocenters. The van der Waals surface area contributed by atoms with Crippen molar-refractivity contribution in [1.82, 2.24) is 0 Å². The van der Waals surface area contributed by atoms with Crippen molar-refractivity contribution in [2.24, 2.45) is 5.73 Å². The van der Waals surface area contributed by atoms with Gasteiger partial charge in [0.15, 0.2) is 0 Å². The third-order valence-corrected chi connectivity index (χ3v) is 4.20. The Hall–Kier alpha value is -1.60. The number of benzene rings is 2. The molecule has 0 saturated heterocycles. The Morgan fingerprint density at radius 2 is 1.53 bits per heavy atom. The van der Waals surface area contributed by atoms with Gasteiger partial charge in [0.2, 0.25) is 0 Å². The summed E-state index contributed by atoms with van der Waals surface area (Å²) in [5.74, 6) is 0. The van der Waals surface area contributed by atoms with E-state index in [0.717, 1.165) is 19.3 Å². The number of nitrogens with two attached hydrogens (primary N) is 1. The molecule has 0 amide bonds. The highest BCUT2D eigenvalue weighted by molar-refractivity contribution is 5.41. The largest absolute Gasteiger partial charge is 0.321 e. The Balaban J connectivity index is 1.87. The lowest BCUT2D eigenvalue weighted by atomic mass is 9.87. The van der Waals surface area contributed by atoms with E-state index in [9.17, 15) is 0 Å². The summed E-state index contributed by atoms with van der Waals surface area (Å²) in [6.45, 7) is 2.21. The minimum absolute atomic E-state index is 0.214. The molecule has 0 fully saturated rings. The maximum atomic E-state index is 6.65. The van der Waals surface area contributed by atoms with E-state index in [-0.39, 0.29) is 5.54 Å². The van der Waals surface area contributed by atoms with E-state index in [2.05, 4.69) is 55.5 Å². The van der Waals surface area contributed by atoms with E-state index in [1.54, 1.807) is 0 Å². The quantitative estimate of drug-likeness (QED) is 0.886. The molecule has 0 radical (unpaired) electrons. The van der Waals surface area contributed by atoms with Gasteiger partial charge in [0.25, 0.3) is 0 Å². The van der Waals surface area contributed by atoms with Crippen LogP contribution in [0.3, 0.4) is 0 Å². The zero-order chi connectivity index (χ0) is 13.3. The Bertz CT molecular complexity index is 543. The molecule has 98 valence electrons. The van der Waals surface area contributed by atoms with E-state index in [1.807, 2.05) is 0 Å². The molecule has 0 bridgehead atoms. The monoisotopic (exact) mass is 251 g/mol. The van der Waals surface area contributed by atoms with Crippen LogP contribution in [0.15, 0.2) is 48.5 Å². The van der Waals surface area contributed by atoms with Gasteiger partial charge in [-0.3, -0.25) is 0 Å². The van der Waals surface area contributed by atoms with Crippen LogP contribution in [0.2, 0.25) is 0 Å². The average molecular weight is 251 g/mol. The van der Waals surface area contributed by atoms with Gasteiger partial charge in [-0.25, -0.2) is 0 Å². The highest BCUT2D eigenvalue weighted by atomic mass is 14.8. The summed E-state index contributed by atoms with van der Waals surface area (Å²) in [5.41, 5.74) is 11.9. The van der Waals surface area contributed by atoms with Crippen molar-refractivity contribution >= 4 is 0 Å². The van der Waals surface area contributed by atoms with Gasteiger partial charge in [0.05, 0.1) is 0 Å². The fraction of sp³-hybridized carbons (Fsp3) is 0.333. The number of hydrogen-bond donors (Lipinski definition) is 1. The van der Waals surface area contributed by atoms with Crippen LogP contribution in [0.4, 0.5) is 0 Å². The van der Waals surface area contributed by atoms with Gasteiger partial charge in [0.1, 0.15) is 0 Å². The zero-order valence-corrected chi connectivity index (χ0v) is 11.5. The maximum absolute atomic E-state index is 6.65. The molecule has 19 heavy (non-hydrogen) atoms. The second-order valence-electron chi connectivity index (χ2n) is 5.73. The summed E-state index contributed by atoms with van der Waals surface area (Å²) in [6, 6.07) is 17.5. The SMILES string of the molecule is CCCc1ccc(C2(N)Cc3ccccc3C2)cc1. The van der Waals surface area contributed by atoms with Crippen molar-refractivity contribution in [2.75, 3.05) is 0 Å². The standard InChI is InChI=1S/C18H21N/c1-2-5-14-8-10-17(11-9-14)18(19)12-15-6-3-4-7-16(15)13-18/h3-4,6-11H,2,5,12-13,19H2,1H3. The molecule has 1 heteroatoms. The maximum Gasteiger partial charge on any atom is 0.0491 e. The molecular formula is C18H21N. The van der Waals surface area contributed by atoms with Crippen molar-refractivity contribution < 1.29 is 0 Å². The molecule has 0 aliphatic heterocycles. The highest BCUT2D eigenvalue weighted by Crippen LogP contribution is 2.35. The topological polar surface area (TPSA) is 26.0 Å². The molecule has 1 aliphatic rings. The van der Waals surface area contributed by atoms with Crippen LogP contribution in [0.25, 0.3) is 0 Å². The molecule has 2 aromatic carbocycles. The van der Waals surface area contributed by atoms with E-state index in [1.165, 1.54) is 28.7 Å². The third kappa shape index (κ3) is 2.31. The van der Waals surface area contributed by atoms with Crippen LogP contribution in [0.5, 0.6) is 0 Å². The van der Waals surface area contributed by atoms with Gasteiger partial charge >= 0.3 is 0 Å². The summed E-state index contributed by atoms with van der Waals surface area (Å²) >= 11 is 0. The van der Waals surface area contributed by atoms with Crippen molar-refractivity contribution in [2.45, 2.75) is 38.1 Å². The summed E-state index contributed by atoms with van der Waals surface area (Å²) < 4.78 is 0. The van der Waals surface area contributed by atoms with Crippen LogP contribution in [0, 0.1) is 0 Å². The molecule has 2 aromatic rings. The molecule has 0 aromatic heterocycles. The minimum atomic E-state index is -0.214. The first kappa shape index (κ1) is 12.4. The van der Waals surface area contributed by atoms with Gasteiger partial charge in [-0.15, -0.1) is 0 Å². The Labute approximate surface area is 115 Å². The second kappa shape index (κ2) is 4.82. The lowest BCUT2D eigenvalue weighted by Crippen LogP contribution is -2.37. The fourth-order valence-corrected chi connectivity index (χ4v) is 3.14. The molecule has 0 saturated carbocycles. The van der Waals surface area contributed by atoms with Crippen LogP contribution in [-0.2, 0) is 24.8 Å². The average Bonchev–Trinajstić information content (AvgIpc) is 2.77. The number of rotatable bonds is 3. The van der Waals surface area contributed by atoms with Crippen LogP contribution >= 0.6 is 0 Å². The summed E-state index contributed by atoms with van der Waals surface area (Å²) in [4.78, 5) is 0. The first-order valence-electron chi connectivity index (χ1n) is 7.16. The number of hydrogen-bond acceptors (Lipinski definition) is 1. The summed E-state index contributed by atoms with van der Waals surface area (Å²) in [6.07, 6.45) is 4.25. The van der Waals surface area contributed by atoms with Gasteiger partial charge in [-0.1, -0.05) is 61.9 Å². The molecule has 3 rings (SSSR count). The van der Waals surface area contributed by atoms with E-state index >= 15 is 0 Å². The number of fused-ring (bicyclic) bond motifs is 1. The first-order valence-corrected chi connectivity index (χ1v) is 7.16. The Kier molecular flexibility index (Phi) is 3.16. The van der Waals surface area contributed by atoms with Crippen molar-refractivity contribution in [1.29, 1.82) is 0 Å². The van der Waals surface area contributed by atoms with Gasteiger partial charge in [-0.05, 0) is 41.5 Å². The van der Waals surface area contributed by atoms with Crippen LogP contribution in [-0.4, -0.2) is 0 Å². The number of aryl methyl sites for hydroxylation is 1. The third-order valence-electron chi connectivity index (χ3n) is 4.20. The smallest absolute Gasteiger partial charge is 0.0491 e. The van der Waals surface area contributed by atoms with E-state index in [4.69, 9.17) is 5.73 Å². The van der Waals surface area contributed by atoms with Gasteiger partial charge in [0, 0.05) is 5.54 Å². The fourth-order valence-electron chi connectivity index (χ4n) is 3.14. The van der Waals surface area contributed by atoms with Gasteiger partial charge in [-0.2, -0.15) is 0 Å². The molecule has 1 nitrogen and oxygen atoms in total. The van der Waals surface area contributed by atoms with Gasteiger partial charge < -0.3 is 5.73 Å². The van der Waals surface area contributed by atoms with Crippen molar-refractivity contribution in [3.05, 3.63) is 70.8 Å². The van der Waals surface area contributed by atoms with E-state index in [0.29, 0.717) is 0 Å². The van der Waals surface area contributed by atoms with Crippen LogP contribution in [0.1, 0.15) is 35.6 Å². The van der Waals surface area contributed by atoms with Crippen molar-refractivity contribution in [3.8, 4) is 0 Å². The molecule has 0 atom stereocenters. The predicted molar refractivity (Wildman–Crippen MR) is 80.2 cm³/mol. The second-order valence-corrected chi connectivity index (χ2v) is 5.73. The van der Waals surface area contributed by atoms with Crippen LogP contribution < -0.4 is 5.73 Å². The normalized spacial score (nSPS) is 16.3. The molecule has 2 N–H and O–H groups in total. The van der Waals surface area contributed by atoms with E-state index < -0.39 is 0 Å². The first-order chi connectivity index (χ1) is 9.21. The summed E-state index contributed by atoms with van der Waals surface area (Å²) in [7, 11) is 0. The molecular weight excluding hydrogens is 230 g/mol. The zero-order valence-electron chi connectivity index (χ0n) is 11.5. The Morgan fingerprint density at radius 1 is 0.947 bits per heavy atom. The molecule has 1 aliphatic carbocycles. The lowest BCUT2D eigenvalue weighted by molar-refractivity contribution is 0.473. The minimum Gasteiger partial charge on any atom is -0.321 e. The molecule has 0 heterocycles.